The molecule has 3 rings (SSSR count). The number of Topliss-reactive ketones (excluding diaryl/α,β-unsaturated/α-hetero) is 1. The van der Waals surface area contributed by atoms with Crippen molar-refractivity contribution in [1.29, 1.82) is 0 Å². The van der Waals surface area contributed by atoms with Gasteiger partial charge in [-0.05, 0) is 42.0 Å². The van der Waals surface area contributed by atoms with Gasteiger partial charge in [0.25, 0.3) is 0 Å². The van der Waals surface area contributed by atoms with Gasteiger partial charge in [-0.3, -0.25) is 4.79 Å². The second-order valence-corrected chi connectivity index (χ2v) is 5.23. The van der Waals surface area contributed by atoms with E-state index in [1.54, 1.807) is 0 Å². The van der Waals surface area contributed by atoms with Crippen LogP contribution in [0.1, 0.15) is 31.2 Å². The molecule has 0 bridgehead atoms. The first-order chi connectivity index (χ1) is 8.84. The summed E-state index contributed by atoms with van der Waals surface area (Å²) in [6, 6.07) is 15.0. The van der Waals surface area contributed by atoms with Crippen LogP contribution < -0.4 is 0 Å². The molecular formula is C17H18O. The number of ketones is 1. The van der Waals surface area contributed by atoms with Gasteiger partial charge < -0.3 is 0 Å². The molecule has 2 aromatic rings. The zero-order valence-electron chi connectivity index (χ0n) is 10.6. The third-order valence-corrected chi connectivity index (χ3v) is 4.07. The van der Waals surface area contributed by atoms with Gasteiger partial charge in [-0.15, -0.1) is 0 Å². The number of carbonyl (C=O) groups is 1. The van der Waals surface area contributed by atoms with Crippen LogP contribution in [0.5, 0.6) is 0 Å². The molecule has 2 aromatic carbocycles. The van der Waals surface area contributed by atoms with Crippen molar-refractivity contribution in [2.45, 2.75) is 32.1 Å². The van der Waals surface area contributed by atoms with Gasteiger partial charge in [0.2, 0.25) is 0 Å². The van der Waals surface area contributed by atoms with Crippen molar-refractivity contribution in [3.05, 3.63) is 48.0 Å². The van der Waals surface area contributed by atoms with Crippen LogP contribution in [-0.4, -0.2) is 5.78 Å². The first-order valence-electron chi connectivity index (χ1n) is 6.84. The van der Waals surface area contributed by atoms with E-state index in [-0.39, 0.29) is 0 Å². The summed E-state index contributed by atoms with van der Waals surface area (Å²) < 4.78 is 0. The third kappa shape index (κ3) is 2.17. The normalized spacial score (nSPS) is 19.6. The fourth-order valence-corrected chi connectivity index (χ4v) is 3.03. The quantitative estimate of drug-likeness (QED) is 0.785. The fraction of sp³-hybridized carbons (Fsp3) is 0.353. The Kier molecular flexibility index (Phi) is 3.14. The molecule has 1 fully saturated rings. The summed E-state index contributed by atoms with van der Waals surface area (Å²) in [5.41, 5.74) is 1.38. The van der Waals surface area contributed by atoms with Crippen LogP contribution in [0.3, 0.4) is 0 Å². The summed E-state index contributed by atoms with van der Waals surface area (Å²) >= 11 is 0. The highest BCUT2D eigenvalue weighted by atomic mass is 16.1. The van der Waals surface area contributed by atoms with Gasteiger partial charge in [-0.25, -0.2) is 0 Å². The average Bonchev–Trinajstić information content (AvgIpc) is 2.82. The lowest BCUT2D eigenvalue weighted by molar-refractivity contribution is -0.120. The zero-order valence-corrected chi connectivity index (χ0v) is 10.6. The standard InChI is InChI=1S/C17H18O/c18-17-10-4-8-15(17)12-11-14-7-3-6-13-5-1-2-9-16(13)14/h1-3,5-7,9,15H,4,8,10-12H2. The second-order valence-electron chi connectivity index (χ2n) is 5.23. The van der Waals surface area contributed by atoms with Crippen LogP contribution in [0, 0.1) is 5.92 Å². The van der Waals surface area contributed by atoms with Crippen LogP contribution in [-0.2, 0) is 11.2 Å². The summed E-state index contributed by atoms with van der Waals surface area (Å²) in [5.74, 6) is 0.805. The van der Waals surface area contributed by atoms with Crippen LogP contribution in [0.4, 0.5) is 0 Å². The summed E-state index contributed by atoms with van der Waals surface area (Å²) in [7, 11) is 0. The minimum absolute atomic E-state index is 0.323. The lowest BCUT2D eigenvalue weighted by Crippen LogP contribution is -2.07. The van der Waals surface area contributed by atoms with Gasteiger partial charge in [-0.1, -0.05) is 42.5 Å². The van der Waals surface area contributed by atoms with E-state index in [1.807, 2.05) is 0 Å². The number of carbonyl (C=O) groups excluding carboxylic acids is 1. The molecular weight excluding hydrogens is 220 g/mol. The molecule has 0 spiro atoms. The number of hydrogen-bond acceptors (Lipinski definition) is 1. The molecule has 0 heterocycles. The highest BCUT2D eigenvalue weighted by Crippen LogP contribution is 2.27. The Bertz CT molecular complexity index is 565. The average molecular weight is 238 g/mol. The van der Waals surface area contributed by atoms with Gasteiger partial charge in [0.1, 0.15) is 5.78 Å². The molecule has 18 heavy (non-hydrogen) atoms. The Morgan fingerprint density at radius 1 is 1.06 bits per heavy atom. The largest absolute Gasteiger partial charge is 0.299 e. The van der Waals surface area contributed by atoms with Crippen molar-refractivity contribution < 1.29 is 4.79 Å². The van der Waals surface area contributed by atoms with Crippen molar-refractivity contribution in [2.24, 2.45) is 5.92 Å². The molecule has 1 heteroatoms. The molecule has 0 aromatic heterocycles. The van der Waals surface area contributed by atoms with Crippen LogP contribution in [0.2, 0.25) is 0 Å². The number of hydrogen-bond donors (Lipinski definition) is 0. The van der Waals surface area contributed by atoms with Gasteiger partial charge in [-0.2, -0.15) is 0 Å². The number of fused-ring (bicyclic) bond motifs is 1. The predicted molar refractivity (Wildman–Crippen MR) is 74.6 cm³/mol. The first-order valence-corrected chi connectivity index (χ1v) is 6.84. The minimum atomic E-state index is 0.323. The molecule has 92 valence electrons. The number of rotatable bonds is 3. The maximum Gasteiger partial charge on any atom is 0.135 e. The fourth-order valence-electron chi connectivity index (χ4n) is 3.03. The van der Waals surface area contributed by atoms with Gasteiger partial charge in [0.05, 0.1) is 0 Å². The molecule has 1 saturated carbocycles. The topological polar surface area (TPSA) is 17.1 Å². The summed E-state index contributed by atoms with van der Waals surface area (Å²) in [6.07, 6.45) is 5.05. The van der Waals surface area contributed by atoms with E-state index in [9.17, 15) is 4.79 Å². The second kappa shape index (κ2) is 4.93. The van der Waals surface area contributed by atoms with Crippen LogP contribution in [0.15, 0.2) is 42.5 Å². The maximum absolute atomic E-state index is 11.7. The highest BCUT2D eigenvalue weighted by Gasteiger charge is 2.23. The summed E-state index contributed by atoms with van der Waals surface area (Å²) in [4.78, 5) is 11.7. The summed E-state index contributed by atoms with van der Waals surface area (Å²) in [6.45, 7) is 0. The van der Waals surface area contributed by atoms with Gasteiger partial charge in [0, 0.05) is 12.3 Å². The summed E-state index contributed by atoms with van der Waals surface area (Å²) in [5, 5.41) is 2.64. The molecule has 1 unspecified atom stereocenters. The Balaban J connectivity index is 1.80. The predicted octanol–water partition coefficient (Wildman–Crippen LogP) is 4.14. The molecule has 1 nitrogen and oxygen atoms in total. The third-order valence-electron chi connectivity index (χ3n) is 4.07. The van der Waals surface area contributed by atoms with Crippen LogP contribution >= 0.6 is 0 Å². The molecule has 0 aliphatic heterocycles. The minimum Gasteiger partial charge on any atom is -0.299 e. The monoisotopic (exact) mass is 238 g/mol. The van der Waals surface area contributed by atoms with Gasteiger partial charge >= 0.3 is 0 Å². The van der Waals surface area contributed by atoms with E-state index in [2.05, 4.69) is 42.5 Å². The Morgan fingerprint density at radius 3 is 2.72 bits per heavy atom. The highest BCUT2D eigenvalue weighted by molar-refractivity contribution is 5.86. The van der Waals surface area contributed by atoms with Crippen molar-refractivity contribution in [1.82, 2.24) is 0 Å². The molecule has 1 aliphatic carbocycles. The van der Waals surface area contributed by atoms with Crippen molar-refractivity contribution in [2.75, 3.05) is 0 Å². The van der Waals surface area contributed by atoms with Crippen molar-refractivity contribution >= 4 is 16.6 Å². The van der Waals surface area contributed by atoms with Crippen molar-refractivity contribution in [3.63, 3.8) is 0 Å². The maximum atomic E-state index is 11.7. The van der Waals surface area contributed by atoms with Crippen molar-refractivity contribution in [3.8, 4) is 0 Å². The van der Waals surface area contributed by atoms with Gasteiger partial charge in [0.15, 0.2) is 0 Å². The molecule has 0 N–H and O–H groups in total. The van der Waals surface area contributed by atoms with E-state index in [1.165, 1.54) is 16.3 Å². The molecule has 1 atom stereocenters. The Labute approximate surface area is 108 Å². The van der Waals surface area contributed by atoms with E-state index in [0.717, 1.165) is 32.1 Å². The molecule has 0 saturated heterocycles. The zero-order chi connectivity index (χ0) is 12.4. The van der Waals surface area contributed by atoms with E-state index in [4.69, 9.17) is 0 Å². The lowest BCUT2D eigenvalue weighted by Gasteiger charge is -2.10. The SMILES string of the molecule is O=C1CCCC1CCc1cccc2ccccc12. The van der Waals surface area contributed by atoms with E-state index < -0.39 is 0 Å². The van der Waals surface area contributed by atoms with E-state index >= 15 is 0 Å². The smallest absolute Gasteiger partial charge is 0.135 e. The molecule has 1 aliphatic rings. The van der Waals surface area contributed by atoms with Crippen LogP contribution in [0.25, 0.3) is 10.8 Å². The Morgan fingerprint density at radius 2 is 1.89 bits per heavy atom. The number of benzene rings is 2. The molecule has 0 radical (unpaired) electrons. The Hall–Kier alpha value is -1.63. The number of aryl methyl sites for hydroxylation is 1. The first kappa shape index (κ1) is 11.5. The van der Waals surface area contributed by atoms with E-state index in [0.29, 0.717) is 11.7 Å². The lowest BCUT2D eigenvalue weighted by atomic mass is 9.94. The molecule has 0 amide bonds.